The molecule has 0 saturated carbocycles. The van der Waals surface area contributed by atoms with E-state index in [0.29, 0.717) is 29.7 Å². The first kappa shape index (κ1) is 44.3. The van der Waals surface area contributed by atoms with E-state index in [1.54, 1.807) is 18.2 Å². The molecular formula is C49H44N2O11S. The van der Waals surface area contributed by atoms with Crippen LogP contribution in [0.15, 0.2) is 102 Å². The maximum Gasteiger partial charge on any atom is 0.345 e. The van der Waals surface area contributed by atoms with Crippen molar-refractivity contribution in [3.63, 3.8) is 0 Å². The van der Waals surface area contributed by atoms with Gasteiger partial charge in [0.05, 0.1) is 4.90 Å². The van der Waals surface area contributed by atoms with Gasteiger partial charge in [0.2, 0.25) is 15.9 Å². The smallest absolute Gasteiger partial charge is 0.345 e. The van der Waals surface area contributed by atoms with Crippen LogP contribution < -0.4 is 10.5 Å². The Balaban J connectivity index is 0.895. The second-order valence-electron chi connectivity index (χ2n) is 14.8. The molecule has 0 bridgehead atoms. The Hall–Kier alpha value is -6.81. The third kappa shape index (κ3) is 12.2. The van der Waals surface area contributed by atoms with Gasteiger partial charge in [-0.2, -0.15) is 0 Å². The van der Waals surface area contributed by atoms with Crippen LogP contribution in [0, 0.1) is 23.7 Å². The molecule has 3 N–H and O–H groups in total. The predicted octanol–water partition coefficient (Wildman–Crippen LogP) is 6.66. The minimum Gasteiger partial charge on any atom is -0.461 e. The first-order valence-electron chi connectivity index (χ1n) is 20.4. The second kappa shape index (κ2) is 20.8. The Bertz CT molecular complexity index is 2870. The van der Waals surface area contributed by atoms with Crippen molar-refractivity contribution in [3.8, 4) is 23.7 Å². The molecule has 14 heteroatoms. The van der Waals surface area contributed by atoms with Gasteiger partial charge in [-0.3, -0.25) is 14.4 Å². The summed E-state index contributed by atoms with van der Waals surface area (Å²) in [4.78, 5) is 49.3. The van der Waals surface area contributed by atoms with Crippen LogP contribution in [0.2, 0.25) is 0 Å². The van der Waals surface area contributed by atoms with E-state index in [1.807, 2.05) is 0 Å². The lowest BCUT2D eigenvalue weighted by molar-refractivity contribution is -0.158. The van der Waals surface area contributed by atoms with Crippen molar-refractivity contribution in [3.05, 3.63) is 119 Å². The number of anilines is 1. The fraction of sp³-hybridized carbons (Fsp3) is 0.265. The van der Waals surface area contributed by atoms with E-state index in [2.05, 4.69) is 83.6 Å². The van der Waals surface area contributed by atoms with E-state index in [4.69, 9.17) is 28.8 Å². The number of benzene rings is 6. The number of rotatable bonds is 15. The number of carbonyl (C=O) groups is 4. The van der Waals surface area contributed by atoms with Crippen molar-refractivity contribution in [1.29, 1.82) is 0 Å². The van der Waals surface area contributed by atoms with Crippen molar-refractivity contribution in [2.24, 2.45) is 5.14 Å². The van der Waals surface area contributed by atoms with Crippen LogP contribution in [0.1, 0.15) is 60.8 Å². The zero-order valence-corrected chi connectivity index (χ0v) is 35.1. The summed E-state index contributed by atoms with van der Waals surface area (Å²) in [5.41, 5.74) is 3.22. The average molecular weight is 869 g/mol. The minimum atomic E-state index is -3.90. The Morgan fingerprint density at radius 1 is 0.746 bits per heavy atom. The summed E-state index contributed by atoms with van der Waals surface area (Å²) in [6, 6.07) is 29.6. The highest BCUT2D eigenvalue weighted by atomic mass is 32.2. The summed E-state index contributed by atoms with van der Waals surface area (Å²) in [6.07, 6.45) is 3.43. The predicted molar refractivity (Wildman–Crippen MR) is 236 cm³/mol. The molecule has 1 amide bonds. The van der Waals surface area contributed by atoms with E-state index in [-0.39, 0.29) is 49.1 Å². The molecular weight excluding hydrogens is 825 g/mol. The molecule has 1 atom stereocenters. The van der Waals surface area contributed by atoms with E-state index in [1.165, 1.54) is 62.1 Å². The first-order valence-corrected chi connectivity index (χ1v) is 21.9. The molecule has 1 unspecified atom stereocenters. The molecule has 1 heterocycles. The SMILES string of the molecule is NS(=O)(=O)c1ccc(NC(=O)CC(=O)OCC(=O)OCC#Cc2ccc(COC(=O)CCCc3ccc4ccc5cccc6ccc3c4c56)cc2C#CCOC2CCCCO2)cc1. The van der Waals surface area contributed by atoms with Crippen LogP contribution in [0.4, 0.5) is 5.69 Å². The number of nitrogens with two attached hydrogens (primary N) is 1. The van der Waals surface area contributed by atoms with Gasteiger partial charge in [0.15, 0.2) is 19.5 Å². The van der Waals surface area contributed by atoms with Gasteiger partial charge in [-0.25, -0.2) is 18.4 Å². The average Bonchev–Trinajstić information content (AvgIpc) is 3.28. The zero-order chi connectivity index (χ0) is 44.2. The summed E-state index contributed by atoms with van der Waals surface area (Å²) < 4.78 is 49.8. The lowest BCUT2D eigenvalue weighted by atomic mass is 9.90. The fourth-order valence-corrected chi connectivity index (χ4v) is 7.73. The topological polar surface area (TPSA) is 187 Å². The molecule has 0 radical (unpaired) electrons. The third-order valence-electron chi connectivity index (χ3n) is 10.3. The highest BCUT2D eigenvalue weighted by Gasteiger charge is 2.16. The Labute approximate surface area is 364 Å². The molecule has 6 aromatic rings. The van der Waals surface area contributed by atoms with Crippen molar-refractivity contribution < 1.29 is 51.3 Å². The van der Waals surface area contributed by atoms with E-state index >= 15 is 0 Å². The van der Waals surface area contributed by atoms with Crippen molar-refractivity contribution in [1.82, 2.24) is 0 Å². The molecule has 63 heavy (non-hydrogen) atoms. The van der Waals surface area contributed by atoms with Crippen LogP contribution in [-0.2, 0) is 65.9 Å². The van der Waals surface area contributed by atoms with Crippen LogP contribution >= 0.6 is 0 Å². The quantitative estimate of drug-likeness (QED) is 0.0370. The number of hydrogen-bond acceptors (Lipinski definition) is 11. The number of esters is 3. The lowest BCUT2D eigenvalue weighted by Crippen LogP contribution is -2.22. The van der Waals surface area contributed by atoms with E-state index in [9.17, 15) is 27.6 Å². The van der Waals surface area contributed by atoms with Crippen LogP contribution in [0.3, 0.4) is 0 Å². The lowest BCUT2D eigenvalue weighted by Gasteiger charge is -2.21. The summed E-state index contributed by atoms with van der Waals surface area (Å²) in [7, 11) is -3.90. The largest absolute Gasteiger partial charge is 0.461 e. The summed E-state index contributed by atoms with van der Waals surface area (Å²) in [5, 5.41) is 14.8. The van der Waals surface area contributed by atoms with Gasteiger partial charge in [0.1, 0.15) is 19.6 Å². The molecule has 13 nitrogen and oxygen atoms in total. The monoisotopic (exact) mass is 868 g/mol. The molecule has 0 aromatic heterocycles. The van der Waals surface area contributed by atoms with Gasteiger partial charge >= 0.3 is 17.9 Å². The third-order valence-corrected chi connectivity index (χ3v) is 11.2. The molecule has 0 spiro atoms. The van der Waals surface area contributed by atoms with Crippen molar-refractivity contribution in [2.45, 2.75) is 62.7 Å². The Kier molecular flexibility index (Phi) is 14.6. The van der Waals surface area contributed by atoms with E-state index < -0.39 is 40.9 Å². The van der Waals surface area contributed by atoms with Crippen LogP contribution in [0.5, 0.6) is 0 Å². The second-order valence-corrected chi connectivity index (χ2v) is 16.4. The summed E-state index contributed by atoms with van der Waals surface area (Å²) >= 11 is 0. The Morgan fingerprint density at radius 3 is 2.24 bits per heavy atom. The molecule has 6 aromatic carbocycles. The maximum atomic E-state index is 12.9. The number of sulfonamides is 1. The first-order chi connectivity index (χ1) is 30.5. The van der Waals surface area contributed by atoms with Gasteiger partial charge in [0, 0.05) is 29.8 Å². The molecule has 1 aliphatic heterocycles. The van der Waals surface area contributed by atoms with Crippen molar-refractivity contribution in [2.75, 3.05) is 31.7 Å². The number of primary sulfonamides is 1. The summed E-state index contributed by atoms with van der Waals surface area (Å²) in [6.45, 7) is -0.249. The van der Waals surface area contributed by atoms with Gasteiger partial charge in [-0.15, -0.1) is 0 Å². The molecule has 322 valence electrons. The number of aryl methyl sites for hydroxylation is 1. The van der Waals surface area contributed by atoms with E-state index in [0.717, 1.165) is 25.7 Å². The number of carbonyl (C=O) groups excluding carboxylic acids is 4. The zero-order valence-electron chi connectivity index (χ0n) is 34.3. The van der Waals surface area contributed by atoms with Crippen LogP contribution in [-0.4, -0.2) is 65.0 Å². The molecule has 1 fully saturated rings. The molecule has 1 saturated heterocycles. The standard InChI is InChI=1S/C49H44N2O11S/c50-63(56,57)41-23-21-40(22-24-41)51-43(52)30-45(54)62-32-46(55)58-27-5-10-34-15-14-33(29-39(34)11-6-28-60-47-13-1-2-26-59-47)31-61-44(53)12-4-7-35-16-17-38-19-18-36-8-3-9-37-20-25-42(35)49(38)48(36)37/h3,8-9,14-25,29,47H,1-2,4,7,12-13,26-28,30-32H2,(H,51,52)(H2,50,56,57). The highest BCUT2D eigenvalue weighted by Crippen LogP contribution is 2.36. The summed E-state index contributed by atoms with van der Waals surface area (Å²) in [5.74, 6) is 8.88. The molecule has 7 rings (SSSR count). The highest BCUT2D eigenvalue weighted by molar-refractivity contribution is 7.89. The Morgan fingerprint density at radius 2 is 1.48 bits per heavy atom. The van der Waals surface area contributed by atoms with Crippen molar-refractivity contribution >= 4 is 71.8 Å². The number of ether oxygens (including phenoxy) is 5. The van der Waals surface area contributed by atoms with Gasteiger partial charge in [-0.05, 0) is 112 Å². The maximum absolute atomic E-state index is 12.9. The number of nitrogens with one attached hydrogen (secondary N) is 1. The van der Waals surface area contributed by atoms with Gasteiger partial charge in [0.25, 0.3) is 0 Å². The fourth-order valence-electron chi connectivity index (χ4n) is 7.22. The molecule has 0 aliphatic carbocycles. The van der Waals surface area contributed by atoms with Crippen LogP contribution in [0.25, 0.3) is 32.3 Å². The minimum absolute atomic E-state index is 0.0403. The number of hydrogen-bond donors (Lipinski definition) is 2. The number of amides is 1. The van der Waals surface area contributed by atoms with Gasteiger partial charge < -0.3 is 29.0 Å². The van der Waals surface area contributed by atoms with Gasteiger partial charge in [-0.1, -0.05) is 84.3 Å². The molecule has 1 aliphatic rings. The normalized spacial score (nSPS) is 13.7.